The average Bonchev–Trinajstić information content (AvgIpc) is 2.43. The Bertz CT molecular complexity index is 546. The van der Waals surface area contributed by atoms with Crippen LogP contribution in [0.15, 0.2) is 17.0 Å². The zero-order valence-corrected chi connectivity index (χ0v) is 12.3. The van der Waals surface area contributed by atoms with Crippen LogP contribution in [-0.2, 0) is 11.2 Å². The van der Waals surface area contributed by atoms with Crippen molar-refractivity contribution in [2.24, 2.45) is 0 Å². The highest BCUT2D eigenvalue weighted by Crippen LogP contribution is 2.43. The van der Waals surface area contributed by atoms with Crippen LogP contribution < -0.4 is 9.47 Å². The molecule has 5 nitrogen and oxygen atoms in total. The maximum Gasteiger partial charge on any atom is 0.322 e. The predicted octanol–water partition coefficient (Wildman–Crippen LogP) is 2.18. The number of rotatable bonds is 2. The molecule has 1 atom stereocenters. The summed E-state index contributed by atoms with van der Waals surface area (Å²) in [6.07, 6.45) is 0.493. The van der Waals surface area contributed by atoms with Gasteiger partial charge in [0.25, 0.3) is 0 Å². The molecule has 2 aliphatic heterocycles. The van der Waals surface area contributed by atoms with E-state index in [1.165, 1.54) is 11.9 Å². The van der Waals surface area contributed by atoms with Crippen molar-refractivity contribution in [1.29, 1.82) is 0 Å². The number of nitrogens with zero attached hydrogens (tertiary/aromatic N) is 1. The fourth-order valence-corrected chi connectivity index (χ4v) is 3.64. The molecule has 1 unspecified atom stereocenters. The second-order valence-corrected chi connectivity index (χ2v) is 6.25. The number of hydrogen-bond acceptors (Lipinski definition) is 5. The molecule has 0 spiro atoms. The third kappa shape index (κ3) is 2.33. The first-order valence-corrected chi connectivity index (χ1v) is 7.45. The summed E-state index contributed by atoms with van der Waals surface area (Å²) < 4.78 is 13.1. The molecule has 1 aromatic rings. The van der Waals surface area contributed by atoms with Gasteiger partial charge in [0, 0.05) is 17.4 Å². The van der Waals surface area contributed by atoms with Crippen LogP contribution in [0.4, 0.5) is 0 Å². The Balaban J connectivity index is 1.98. The van der Waals surface area contributed by atoms with Gasteiger partial charge in [-0.3, -0.25) is 4.79 Å². The van der Waals surface area contributed by atoms with Crippen LogP contribution in [0.5, 0.6) is 11.5 Å². The average molecular weight is 295 g/mol. The van der Waals surface area contributed by atoms with Gasteiger partial charge in [0.15, 0.2) is 11.5 Å². The Hall–Kier alpha value is -1.40. The molecule has 3 rings (SSSR count). The van der Waals surface area contributed by atoms with Crippen LogP contribution in [-0.4, -0.2) is 40.7 Å². The first-order valence-electron chi connectivity index (χ1n) is 6.68. The lowest BCUT2D eigenvalue weighted by atomic mass is 10.0. The van der Waals surface area contributed by atoms with E-state index >= 15 is 0 Å². The van der Waals surface area contributed by atoms with Gasteiger partial charge in [-0.15, -0.1) is 0 Å². The van der Waals surface area contributed by atoms with Crippen LogP contribution in [0.2, 0.25) is 0 Å². The number of benzene rings is 1. The highest BCUT2D eigenvalue weighted by atomic mass is 32.2. The molecule has 6 heteroatoms. The highest BCUT2D eigenvalue weighted by molar-refractivity contribution is 7.97. The number of fused-ring (bicyclic) bond motifs is 2. The van der Waals surface area contributed by atoms with E-state index in [2.05, 4.69) is 0 Å². The summed E-state index contributed by atoms with van der Waals surface area (Å²) in [5, 5.41) is 9.41. The first-order chi connectivity index (χ1) is 9.56. The maximum atomic E-state index is 11.5. The van der Waals surface area contributed by atoms with Crippen LogP contribution in [0.3, 0.4) is 0 Å². The Labute approximate surface area is 122 Å². The summed E-state index contributed by atoms with van der Waals surface area (Å²) in [5.74, 6) is 0.685. The molecule has 20 heavy (non-hydrogen) atoms. The summed E-state index contributed by atoms with van der Waals surface area (Å²) in [4.78, 5) is 12.5. The largest absolute Gasteiger partial charge is 0.486 e. The Morgan fingerprint density at radius 3 is 2.60 bits per heavy atom. The highest BCUT2D eigenvalue weighted by Gasteiger charge is 2.35. The van der Waals surface area contributed by atoms with Gasteiger partial charge in [0.1, 0.15) is 19.3 Å². The minimum atomic E-state index is -0.785. The molecule has 2 aliphatic rings. The number of aliphatic carboxylic acids is 1. The molecule has 0 saturated heterocycles. The standard InChI is InChI=1S/C14H17NO4S/c1-8(2)15-10(14(16)17)5-9-6-11-12(7-13(9)20-15)19-4-3-18-11/h6-8,10H,3-5H2,1-2H3,(H,16,17). The van der Waals surface area contributed by atoms with E-state index in [1.807, 2.05) is 30.3 Å². The Morgan fingerprint density at radius 2 is 2.00 bits per heavy atom. The number of hydrogen-bond donors (Lipinski definition) is 1. The molecule has 2 heterocycles. The Kier molecular flexibility index (Phi) is 3.52. The molecule has 1 N–H and O–H groups in total. The first kappa shape index (κ1) is 13.6. The van der Waals surface area contributed by atoms with Crippen molar-refractivity contribution in [3.8, 4) is 11.5 Å². The van der Waals surface area contributed by atoms with Gasteiger partial charge >= 0.3 is 5.97 Å². The topological polar surface area (TPSA) is 59.0 Å². The van der Waals surface area contributed by atoms with E-state index in [-0.39, 0.29) is 6.04 Å². The van der Waals surface area contributed by atoms with Gasteiger partial charge in [-0.25, -0.2) is 4.31 Å². The summed E-state index contributed by atoms with van der Waals surface area (Å²) >= 11 is 1.49. The molecule has 1 aromatic carbocycles. The molecular weight excluding hydrogens is 278 g/mol. The SMILES string of the molecule is CC(C)N1Sc2cc3c(cc2CC1C(=O)O)OCCO3. The van der Waals surface area contributed by atoms with E-state index in [9.17, 15) is 9.90 Å². The Morgan fingerprint density at radius 1 is 1.35 bits per heavy atom. The van der Waals surface area contributed by atoms with Crippen molar-refractivity contribution in [2.45, 2.75) is 37.2 Å². The smallest absolute Gasteiger partial charge is 0.322 e. The van der Waals surface area contributed by atoms with Gasteiger partial charge in [0.2, 0.25) is 0 Å². The summed E-state index contributed by atoms with van der Waals surface area (Å²) in [5.41, 5.74) is 1.02. The van der Waals surface area contributed by atoms with E-state index in [4.69, 9.17) is 9.47 Å². The molecule has 0 saturated carbocycles. The minimum Gasteiger partial charge on any atom is -0.486 e. The van der Waals surface area contributed by atoms with E-state index in [0.29, 0.717) is 19.6 Å². The second kappa shape index (κ2) is 5.18. The molecule has 0 amide bonds. The molecular formula is C14H17NO4S. The van der Waals surface area contributed by atoms with Crippen molar-refractivity contribution in [1.82, 2.24) is 4.31 Å². The molecule has 108 valence electrons. The lowest BCUT2D eigenvalue weighted by Gasteiger charge is -2.36. The van der Waals surface area contributed by atoms with Gasteiger partial charge in [-0.1, -0.05) is 0 Å². The molecule has 0 aliphatic carbocycles. The number of carboxylic acid groups (broad SMARTS) is 1. The summed E-state index contributed by atoms with van der Waals surface area (Å²) in [7, 11) is 0. The number of carbonyl (C=O) groups is 1. The molecule has 0 bridgehead atoms. The quantitative estimate of drug-likeness (QED) is 0.844. The lowest BCUT2D eigenvalue weighted by Crippen LogP contribution is -2.44. The molecule has 0 fully saturated rings. The molecule has 0 aromatic heterocycles. The van der Waals surface area contributed by atoms with Crippen LogP contribution >= 0.6 is 11.9 Å². The van der Waals surface area contributed by atoms with E-state index in [1.54, 1.807) is 0 Å². The third-order valence-corrected chi connectivity index (χ3v) is 4.91. The summed E-state index contributed by atoms with van der Waals surface area (Å²) in [6.45, 7) is 5.11. The number of ether oxygens (including phenoxy) is 2. The van der Waals surface area contributed by atoms with Crippen LogP contribution in [0.25, 0.3) is 0 Å². The van der Waals surface area contributed by atoms with Crippen LogP contribution in [0, 0.1) is 0 Å². The zero-order valence-electron chi connectivity index (χ0n) is 11.5. The normalized spacial score (nSPS) is 21.6. The second-order valence-electron chi connectivity index (χ2n) is 5.21. The zero-order chi connectivity index (χ0) is 14.3. The van der Waals surface area contributed by atoms with Crippen molar-refractivity contribution in [2.75, 3.05) is 13.2 Å². The minimum absolute atomic E-state index is 0.155. The van der Waals surface area contributed by atoms with Gasteiger partial charge in [-0.05, 0) is 43.5 Å². The number of carboxylic acids is 1. The van der Waals surface area contributed by atoms with Crippen molar-refractivity contribution >= 4 is 17.9 Å². The van der Waals surface area contributed by atoms with E-state index in [0.717, 1.165) is 22.0 Å². The fraction of sp³-hybridized carbons (Fsp3) is 0.500. The van der Waals surface area contributed by atoms with Crippen molar-refractivity contribution in [3.63, 3.8) is 0 Å². The van der Waals surface area contributed by atoms with Gasteiger partial charge in [-0.2, -0.15) is 0 Å². The maximum absolute atomic E-state index is 11.5. The summed E-state index contributed by atoms with van der Waals surface area (Å²) in [6, 6.07) is 3.53. The van der Waals surface area contributed by atoms with Gasteiger partial charge < -0.3 is 14.6 Å². The lowest BCUT2D eigenvalue weighted by molar-refractivity contribution is -0.141. The van der Waals surface area contributed by atoms with Crippen molar-refractivity contribution in [3.05, 3.63) is 17.7 Å². The van der Waals surface area contributed by atoms with Gasteiger partial charge in [0.05, 0.1) is 0 Å². The van der Waals surface area contributed by atoms with E-state index < -0.39 is 12.0 Å². The predicted molar refractivity (Wildman–Crippen MR) is 75.4 cm³/mol. The van der Waals surface area contributed by atoms with Crippen LogP contribution in [0.1, 0.15) is 19.4 Å². The third-order valence-electron chi connectivity index (χ3n) is 3.44. The van der Waals surface area contributed by atoms with Crippen molar-refractivity contribution < 1.29 is 19.4 Å². The monoisotopic (exact) mass is 295 g/mol. The fourth-order valence-electron chi connectivity index (χ4n) is 2.49. The molecule has 0 radical (unpaired) electrons.